The van der Waals surface area contributed by atoms with Crippen molar-refractivity contribution in [3.05, 3.63) is 72.1 Å². The van der Waals surface area contributed by atoms with Gasteiger partial charge in [0.05, 0.1) is 4.90 Å². The van der Waals surface area contributed by atoms with Crippen molar-refractivity contribution in [3.63, 3.8) is 0 Å². The summed E-state index contributed by atoms with van der Waals surface area (Å²) in [6.45, 7) is 3.96. The van der Waals surface area contributed by atoms with Gasteiger partial charge in [-0.2, -0.15) is 0 Å². The zero-order chi connectivity index (χ0) is 18.9. The molecular weight excluding hydrogens is 348 g/mol. The van der Waals surface area contributed by atoms with E-state index in [4.69, 9.17) is 0 Å². The summed E-state index contributed by atoms with van der Waals surface area (Å²) >= 11 is 0. The molecule has 0 amide bonds. The lowest BCUT2D eigenvalue weighted by atomic mass is 10.2. The molecule has 2 heterocycles. The molecule has 6 heteroatoms. The Morgan fingerprint density at radius 2 is 1.58 bits per heavy atom. The summed E-state index contributed by atoms with van der Waals surface area (Å²) < 4.78 is 33.3. The third-order valence-electron chi connectivity index (χ3n) is 4.41. The van der Waals surface area contributed by atoms with Gasteiger partial charge in [0, 0.05) is 29.3 Å². The van der Waals surface area contributed by atoms with E-state index in [9.17, 15) is 13.0 Å². The first kappa shape index (κ1) is 18.1. The van der Waals surface area contributed by atoms with Crippen molar-refractivity contribution in [2.45, 2.75) is 18.7 Å². The molecule has 0 aliphatic rings. The number of pyridine rings is 1. The SMILES string of the molecule is Cc1c2[nH]c3ccccc3c2cc[n+]1C.Cc1ccc(S(=O)(=O)[O-])cc1. The molecule has 0 unspecified atom stereocenters. The van der Waals surface area contributed by atoms with E-state index in [0.717, 1.165) is 5.56 Å². The van der Waals surface area contributed by atoms with Crippen LogP contribution in [0.5, 0.6) is 0 Å². The average molecular weight is 368 g/mol. The van der Waals surface area contributed by atoms with Crippen molar-refractivity contribution < 1.29 is 17.5 Å². The Hall–Kier alpha value is -2.70. The van der Waals surface area contributed by atoms with Crippen molar-refractivity contribution in [2.24, 2.45) is 7.05 Å². The highest BCUT2D eigenvalue weighted by Crippen LogP contribution is 2.25. The van der Waals surface area contributed by atoms with Gasteiger partial charge < -0.3 is 9.54 Å². The number of aryl methyl sites for hydroxylation is 3. The first-order chi connectivity index (χ1) is 12.3. The Kier molecular flexibility index (Phi) is 4.80. The van der Waals surface area contributed by atoms with Crippen LogP contribution in [-0.4, -0.2) is 18.0 Å². The number of para-hydroxylation sites is 1. The zero-order valence-electron chi connectivity index (χ0n) is 14.9. The Labute approximate surface area is 152 Å². The van der Waals surface area contributed by atoms with Gasteiger partial charge in [0.2, 0.25) is 5.69 Å². The first-order valence-electron chi connectivity index (χ1n) is 8.15. The second-order valence-corrected chi connectivity index (χ2v) is 7.62. The molecule has 26 heavy (non-hydrogen) atoms. The second kappa shape index (κ2) is 6.90. The highest BCUT2D eigenvalue weighted by atomic mass is 32.2. The van der Waals surface area contributed by atoms with Crippen molar-refractivity contribution in [1.82, 2.24) is 4.98 Å². The molecule has 2 aromatic carbocycles. The third-order valence-corrected chi connectivity index (χ3v) is 5.26. The summed E-state index contributed by atoms with van der Waals surface area (Å²) in [5, 5.41) is 2.61. The number of hydrogen-bond donors (Lipinski definition) is 1. The van der Waals surface area contributed by atoms with Crippen molar-refractivity contribution in [2.75, 3.05) is 0 Å². The van der Waals surface area contributed by atoms with Gasteiger partial charge in [-0.25, -0.2) is 13.0 Å². The first-order valence-corrected chi connectivity index (χ1v) is 9.56. The Morgan fingerprint density at radius 1 is 0.923 bits per heavy atom. The minimum Gasteiger partial charge on any atom is -0.744 e. The van der Waals surface area contributed by atoms with Crippen molar-refractivity contribution in [3.8, 4) is 0 Å². The molecule has 0 bridgehead atoms. The van der Waals surface area contributed by atoms with Crippen LogP contribution >= 0.6 is 0 Å². The van der Waals surface area contributed by atoms with Gasteiger partial charge in [-0.1, -0.05) is 35.9 Å². The summed E-state index contributed by atoms with van der Waals surface area (Å²) in [5.74, 6) is 0. The maximum Gasteiger partial charge on any atom is 0.202 e. The molecule has 0 aliphatic carbocycles. The van der Waals surface area contributed by atoms with Crippen LogP contribution in [0.4, 0.5) is 0 Å². The van der Waals surface area contributed by atoms with E-state index in [1.165, 1.54) is 39.6 Å². The predicted octanol–water partition coefficient (Wildman–Crippen LogP) is 3.35. The van der Waals surface area contributed by atoms with Gasteiger partial charge in [-0.3, -0.25) is 0 Å². The summed E-state index contributed by atoms with van der Waals surface area (Å²) in [7, 11) is -2.20. The van der Waals surface area contributed by atoms with E-state index in [0.29, 0.717) is 0 Å². The molecule has 5 nitrogen and oxygen atoms in total. The molecule has 2 aromatic heterocycles. The van der Waals surface area contributed by atoms with Crippen LogP contribution in [0.2, 0.25) is 0 Å². The number of aromatic amines is 1. The number of aromatic nitrogens is 2. The van der Waals surface area contributed by atoms with Gasteiger partial charge in [0.15, 0.2) is 6.20 Å². The highest BCUT2D eigenvalue weighted by molar-refractivity contribution is 7.85. The van der Waals surface area contributed by atoms with Gasteiger partial charge in [0.1, 0.15) is 22.7 Å². The van der Waals surface area contributed by atoms with Crippen molar-refractivity contribution >= 4 is 31.9 Å². The summed E-state index contributed by atoms with van der Waals surface area (Å²) in [6.07, 6.45) is 2.11. The van der Waals surface area contributed by atoms with E-state index in [1.54, 1.807) is 12.1 Å². The highest BCUT2D eigenvalue weighted by Gasteiger charge is 2.11. The average Bonchev–Trinajstić information content (AvgIpc) is 2.98. The minimum absolute atomic E-state index is 0.178. The molecule has 0 saturated heterocycles. The molecule has 1 N–H and O–H groups in total. The lowest BCUT2D eigenvalue weighted by Crippen LogP contribution is -2.31. The molecule has 4 aromatic rings. The molecule has 0 radical (unpaired) electrons. The van der Waals surface area contributed by atoms with Crippen LogP contribution in [-0.2, 0) is 17.2 Å². The lowest BCUT2D eigenvalue weighted by Gasteiger charge is -2.05. The number of hydrogen-bond acceptors (Lipinski definition) is 3. The van der Waals surface area contributed by atoms with Crippen LogP contribution in [0.1, 0.15) is 11.3 Å². The van der Waals surface area contributed by atoms with Crippen LogP contribution in [0.3, 0.4) is 0 Å². The number of rotatable bonds is 1. The summed E-state index contributed by atoms with van der Waals surface area (Å²) in [5.41, 5.74) is 4.64. The fraction of sp³-hybridized carbons (Fsp3) is 0.150. The van der Waals surface area contributed by atoms with Crippen LogP contribution in [0.25, 0.3) is 21.8 Å². The minimum atomic E-state index is -4.27. The van der Waals surface area contributed by atoms with Crippen molar-refractivity contribution in [1.29, 1.82) is 0 Å². The lowest BCUT2D eigenvalue weighted by molar-refractivity contribution is -0.676. The second-order valence-electron chi connectivity index (χ2n) is 6.24. The monoisotopic (exact) mass is 368 g/mol. The molecule has 134 valence electrons. The quantitative estimate of drug-likeness (QED) is 0.413. The fourth-order valence-corrected chi connectivity index (χ4v) is 3.27. The Morgan fingerprint density at radius 3 is 2.23 bits per heavy atom. The topological polar surface area (TPSA) is 76.9 Å². The predicted molar refractivity (Wildman–Crippen MR) is 101 cm³/mol. The Bertz CT molecular complexity index is 1180. The standard InChI is InChI=1S/C13H12N2.C7H8O3S/c1-9-13-11(7-8-15(9)2)10-5-3-4-6-12(10)14-13;1-6-2-4-7(5-3-6)11(8,9)10/h3-8H,1-2H3;2-5H,1H3,(H,8,9,10). The van der Waals surface area contributed by atoms with E-state index < -0.39 is 10.1 Å². The molecule has 0 spiro atoms. The molecule has 4 rings (SSSR count). The van der Waals surface area contributed by atoms with Crippen LogP contribution < -0.4 is 4.57 Å². The Balaban J connectivity index is 0.000000160. The maximum absolute atomic E-state index is 10.4. The van der Waals surface area contributed by atoms with E-state index >= 15 is 0 Å². The maximum atomic E-state index is 10.4. The zero-order valence-corrected chi connectivity index (χ0v) is 15.7. The van der Waals surface area contributed by atoms with E-state index in [-0.39, 0.29) is 4.90 Å². The molecule has 0 saturated carbocycles. The largest absolute Gasteiger partial charge is 0.744 e. The number of H-pyrrole nitrogens is 1. The van der Waals surface area contributed by atoms with E-state index in [2.05, 4.69) is 60.1 Å². The summed E-state index contributed by atoms with van der Waals surface area (Å²) in [6, 6.07) is 16.4. The van der Waals surface area contributed by atoms with Gasteiger partial charge in [0.25, 0.3) is 0 Å². The molecular formula is C20H20N2O3S. The normalized spacial score (nSPS) is 11.4. The molecule has 0 atom stereocenters. The van der Waals surface area contributed by atoms with Crippen LogP contribution in [0, 0.1) is 13.8 Å². The number of benzene rings is 2. The number of fused-ring (bicyclic) bond motifs is 3. The summed E-state index contributed by atoms with van der Waals surface area (Å²) in [4.78, 5) is 3.29. The number of nitrogens with zero attached hydrogens (tertiary/aromatic N) is 1. The molecule has 0 aliphatic heterocycles. The fourth-order valence-electron chi connectivity index (χ4n) is 2.80. The third kappa shape index (κ3) is 3.61. The molecule has 0 fully saturated rings. The van der Waals surface area contributed by atoms with Gasteiger partial charge >= 0.3 is 0 Å². The smallest absolute Gasteiger partial charge is 0.202 e. The number of nitrogens with one attached hydrogen (secondary N) is 1. The van der Waals surface area contributed by atoms with Crippen LogP contribution in [0.15, 0.2) is 65.7 Å². The van der Waals surface area contributed by atoms with E-state index in [1.807, 2.05) is 6.92 Å². The van der Waals surface area contributed by atoms with Gasteiger partial charge in [-0.05, 0) is 25.1 Å². The van der Waals surface area contributed by atoms with Gasteiger partial charge in [-0.15, -0.1) is 0 Å².